The van der Waals surface area contributed by atoms with Crippen LogP contribution in [0.1, 0.15) is 52.1 Å². The Hall–Kier alpha value is -1.69. The lowest BCUT2D eigenvalue weighted by Gasteiger charge is -2.34. The van der Waals surface area contributed by atoms with Gasteiger partial charge < -0.3 is 9.64 Å². The number of rotatable bonds is 2. The minimum absolute atomic E-state index is 0.0419. The van der Waals surface area contributed by atoms with Crippen LogP contribution in [-0.4, -0.2) is 46.9 Å². The molecule has 3 heterocycles. The first-order chi connectivity index (χ1) is 11.4. The van der Waals surface area contributed by atoms with Gasteiger partial charge >= 0.3 is 6.03 Å². The molecule has 0 aromatic carbocycles. The predicted molar refractivity (Wildman–Crippen MR) is 93.0 cm³/mol. The van der Waals surface area contributed by atoms with Crippen molar-refractivity contribution in [1.82, 2.24) is 15.1 Å². The van der Waals surface area contributed by atoms with E-state index in [9.17, 15) is 4.79 Å². The first-order valence-corrected chi connectivity index (χ1v) is 8.95. The van der Waals surface area contributed by atoms with Crippen molar-refractivity contribution in [3.8, 4) is 0 Å². The molecule has 0 aliphatic carbocycles. The van der Waals surface area contributed by atoms with E-state index in [1.165, 1.54) is 12.8 Å². The van der Waals surface area contributed by atoms with Crippen LogP contribution in [0.25, 0.3) is 0 Å². The van der Waals surface area contributed by atoms with E-state index >= 15 is 0 Å². The molecule has 2 aliphatic heterocycles. The summed E-state index contributed by atoms with van der Waals surface area (Å²) < 4.78 is 5.79. The van der Waals surface area contributed by atoms with Crippen molar-refractivity contribution in [2.24, 2.45) is 5.92 Å². The quantitative estimate of drug-likeness (QED) is 0.903. The van der Waals surface area contributed by atoms with Gasteiger partial charge in [0.15, 0.2) is 5.82 Å². The zero-order valence-electron chi connectivity index (χ0n) is 14.9. The van der Waals surface area contributed by atoms with Gasteiger partial charge in [0.2, 0.25) is 0 Å². The number of ether oxygens (including phenoxy) is 1. The molecule has 1 atom stereocenters. The van der Waals surface area contributed by atoms with Crippen molar-refractivity contribution in [1.29, 1.82) is 0 Å². The standard InChI is InChI=1S/C18H28N4O2/c1-18(2,3)15-6-7-16(21-20-15)19-17(23)22-10-8-13(9-11-22)14-5-4-12-24-14/h6-7,13-14H,4-5,8-12H2,1-3H3,(H,19,21,23). The van der Waals surface area contributed by atoms with Gasteiger partial charge in [-0.3, -0.25) is 5.32 Å². The van der Waals surface area contributed by atoms with Crippen molar-refractivity contribution in [2.75, 3.05) is 25.0 Å². The monoisotopic (exact) mass is 332 g/mol. The van der Waals surface area contributed by atoms with Gasteiger partial charge in [-0.1, -0.05) is 20.8 Å². The molecule has 0 bridgehead atoms. The fourth-order valence-corrected chi connectivity index (χ4v) is 3.44. The number of amides is 2. The number of likely N-dealkylation sites (tertiary alicyclic amines) is 1. The lowest BCUT2D eigenvalue weighted by Crippen LogP contribution is -2.43. The molecular formula is C18H28N4O2. The highest BCUT2D eigenvalue weighted by molar-refractivity contribution is 5.88. The van der Waals surface area contributed by atoms with Crippen molar-refractivity contribution >= 4 is 11.8 Å². The van der Waals surface area contributed by atoms with Gasteiger partial charge in [-0.2, -0.15) is 5.10 Å². The summed E-state index contributed by atoms with van der Waals surface area (Å²) in [5.41, 5.74) is 0.873. The van der Waals surface area contributed by atoms with Crippen molar-refractivity contribution in [3.05, 3.63) is 17.8 Å². The summed E-state index contributed by atoms with van der Waals surface area (Å²) in [5, 5.41) is 11.2. The van der Waals surface area contributed by atoms with Crippen LogP contribution in [0.5, 0.6) is 0 Å². The van der Waals surface area contributed by atoms with Crippen LogP contribution in [0.15, 0.2) is 12.1 Å². The second-order valence-corrected chi connectivity index (χ2v) is 7.86. The third kappa shape index (κ3) is 4.04. The first-order valence-electron chi connectivity index (χ1n) is 8.95. The number of carbonyl (C=O) groups is 1. The average molecular weight is 332 g/mol. The number of carbonyl (C=O) groups excluding carboxylic acids is 1. The Morgan fingerprint density at radius 2 is 1.96 bits per heavy atom. The van der Waals surface area contributed by atoms with Gasteiger partial charge in [0.1, 0.15) is 0 Å². The number of anilines is 1. The van der Waals surface area contributed by atoms with Crippen LogP contribution >= 0.6 is 0 Å². The molecule has 3 rings (SSSR count). The molecular weight excluding hydrogens is 304 g/mol. The number of aromatic nitrogens is 2. The molecule has 1 N–H and O–H groups in total. The molecule has 1 aromatic heterocycles. The van der Waals surface area contributed by atoms with Gasteiger partial charge in [-0.05, 0) is 43.7 Å². The molecule has 1 unspecified atom stereocenters. The fraction of sp³-hybridized carbons (Fsp3) is 0.722. The second-order valence-electron chi connectivity index (χ2n) is 7.86. The van der Waals surface area contributed by atoms with Gasteiger partial charge in [-0.25, -0.2) is 4.79 Å². The maximum absolute atomic E-state index is 12.4. The normalized spacial score (nSPS) is 22.6. The molecule has 0 spiro atoms. The number of hydrogen-bond donors (Lipinski definition) is 1. The SMILES string of the molecule is CC(C)(C)c1ccc(NC(=O)N2CCC(C3CCCO3)CC2)nn1. The summed E-state index contributed by atoms with van der Waals surface area (Å²) >= 11 is 0. The highest BCUT2D eigenvalue weighted by atomic mass is 16.5. The lowest BCUT2D eigenvalue weighted by molar-refractivity contribution is 0.0382. The topological polar surface area (TPSA) is 67.4 Å². The third-order valence-electron chi connectivity index (χ3n) is 4.99. The smallest absolute Gasteiger partial charge is 0.323 e. The molecule has 6 nitrogen and oxygen atoms in total. The van der Waals surface area contributed by atoms with Crippen molar-refractivity contribution in [3.63, 3.8) is 0 Å². The van der Waals surface area contributed by atoms with Gasteiger partial charge in [0.05, 0.1) is 11.8 Å². The molecule has 2 amide bonds. The summed E-state index contributed by atoms with van der Waals surface area (Å²) in [7, 11) is 0. The van der Waals surface area contributed by atoms with Crippen LogP contribution in [0.3, 0.4) is 0 Å². The molecule has 0 saturated carbocycles. The van der Waals surface area contributed by atoms with E-state index in [0.29, 0.717) is 17.8 Å². The Morgan fingerprint density at radius 3 is 2.50 bits per heavy atom. The highest BCUT2D eigenvalue weighted by Gasteiger charge is 2.31. The minimum Gasteiger partial charge on any atom is -0.378 e. The molecule has 2 fully saturated rings. The fourth-order valence-electron chi connectivity index (χ4n) is 3.44. The summed E-state index contributed by atoms with van der Waals surface area (Å²) in [6.45, 7) is 8.73. The molecule has 2 aliphatic rings. The van der Waals surface area contributed by atoms with Gasteiger partial charge in [-0.15, -0.1) is 5.10 Å². The van der Waals surface area contributed by atoms with E-state index in [-0.39, 0.29) is 11.4 Å². The highest BCUT2D eigenvalue weighted by Crippen LogP contribution is 2.29. The van der Waals surface area contributed by atoms with Crippen LogP contribution < -0.4 is 5.32 Å². The zero-order chi connectivity index (χ0) is 17.2. The van der Waals surface area contributed by atoms with Gasteiger partial charge in [0, 0.05) is 25.1 Å². The largest absolute Gasteiger partial charge is 0.378 e. The summed E-state index contributed by atoms with van der Waals surface area (Å²) in [4.78, 5) is 14.3. The minimum atomic E-state index is -0.0846. The van der Waals surface area contributed by atoms with E-state index in [4.69, 9.17) is 4.74 Å². The Kier molecular flexibility index (Phi) is 5.04. The van der Waals surface area contributed by atoms with Crippen LogP contribution in [0.4, 0.5) is 10.6 Å². The first kappa shape index (κ1) is 17.1. The number of piperidine rings is 1. The number of hydrogen-bond acceptors (Lipinski definition) is 4. The number of nitrogens with one attached hydrogen (secondary N) is 1. The van der Waals surface area contributed by atoms with Gasteiger partial charge in [0.25, 0.3) is 0 Å². The van der Waals surface area contributed by atoms with E-state index in [1.54, 1.807) is 0 Å². The zero-order valence-corrected chi connectivity index (χ0v) is 14.9. The van der Waals surface area contributed by atoms with Crippen LogP contribution in [-0.2, 0) is 10.2 Å². The average Bonchev–Trinajstić information content (AvgIpc) is 3.09. The number of urea groups is 1. The van der Waals surface area contributed by atoms with Crippen molar-refractivity contribution in [2.45, 2.75) is 58.0 Å². The molecule has 1 aromatic rings. The Morgan fingerprint density at radius 1 is 1.21 bits per heavy atom. The maximum Gasteiger partial charge on any atom is 0.323 e. The lowest BCUT2D eigenvalue weighted by atomic mass is 9.90. The molecule has 6 heteroatoms. The summed E-state index contributed by atoms with van der Waals surface area (Å²) in [6, 6.07) is 3.66. The van der Waals surface area contributed by atoms with E-state index < -0.39 is 0 Å². The number of nitrogens with zero attached hydrogens (tertiary/aromatic N) is 3. The second kappa shape index (κ2) is 7.05. The van der Waals surface area contributed by atoms with E-state index in [0.717, 1.165) is 38.2 Å². The van der Waals surface area contributed by atoms with E-state index in [2.05, 4.69) is 36.3 Å². The summed E-state index contributed by atoms with van der Waals surface area (Å²) in [6.07, 6.45) is 4.80. The predicted octanol–water partition coefficient (Wildman–Crippen LogP) is 3.20. The van der Waals surface area contributed by atoms with Crippen LogP contribution in [0.2, 0.25) is 0 Å². The Labute approximate surface area is 144 Å². The van der Waals surface area contributed by atoms with Crippen molar-refractivity contribution < 1.29 is 9.53 Å². The Balaban J connectivity index is 1.50. The van der Waals surface area contributed by atoms with E-state index in [1.807, 2.05) is 17.0 Å². The van der Waals surface area contributed by atoms with Crippen LogP contribution in [0, 0.1) is 5.92 Å². The third-order valence-corrected chi connectivity index (χ3v) is 4.99. The molecule has 0 radical (unpaired) electrons. The maximum atomic E-state index is 12.4. The molecule has 132 valence electrons. The molecule has 2 saturated heterocycles. The Bertz CT molecular complexity index is 553. The summed E-state index contributed by atoms with van der Waals surface area (Å²) in [5.74, 6) is 1.11. The molecule has 24 heavy (non-hydrogen) atoms.